The van der Waals surface area contributed by atoms with Gasteiger partial charge in [-0.05, 0) is 12.1 Å². The molecule has 0 bridgehead atoms. The van der Waals surface area contributed by atoms with Crippen LogP contribution >= 0.6 is 0 Å². The molecular weight excluding hydrogens is 348 g/mol. The van der Waals surface area contributed by atoms with Crippen LogP contribution in [0.2, 0.25) is 0 Å². The van der Waals surface area contributed by atoms with E-state index in [-0.39, 0.29) is 5.52 Å². The van der Waals surface area contributed by atoms with Crippen LogP contribution < -0.4 is 21.5 Å². The van der Waals surface area contributed by atoms with E-state index < -0.39 is 11.2 Å². The Morgan fingerprint density at radius 1 is 1.07 bits per heavy atom. The number of carbonyl (C=O) groups is 1. The Morgan fingerprint density at radius 3 is 2.48 bits per heavy atom. The van der Waals surface area contributed by atoms with E-state index in [1.54, 1.807) is 29.8 Å². The number of para-hydroxylation sites is 1. The Hall–Kier alpha value is -3.20. The summed E-state index contributed by atoms with van der Waals surface area (Å²) in [6.45, 7) is 2.99. The first kappa shape index (κ1) is 17.2. The maximum Gasteiger partial charge on any atom is 0.332 e. The predicted molar refractivity (Wildman–Crippen MR) is 102 cm³/mol. The summed E-state index contributed by atoms with van der Waals surface area (Å²) in [5.74, 6) is 0.555. The third-order valence-electron chi connectivity index (χ3n) is 4.94. The van der Waals surface area contributed by atoms with Gasteiger partial charge in [0.2, 0.25) is 5.95 Å². The highest BCUT2D eigenvalue weighted by molar-refractivity contribution is 5.85. The molecule has 9 heteroatoms. The molecule has 2 aromatic heterocycles. The van der Waals surface area contributed by atoms with Crippen molar-refractivity contribution in [1.29, 1.82) is 0 Å². The summed E-state index contributed by atoms with van der Waals surface area (Å²) in [7, 11) is 3.03. The van der Waals surface area contributed by atoms with Gasteiger partial charge in [0.25, 0.3) is 5.56 Å². The average molecular weight is 368 g/mol. The number of benzene rings is 1. The third-order valence-corrected chi connectivity index (χ3v) is 4.94. The van der Waals surface area contributed by atoms with Gasteiger partial charge in [0.15, 0.2) is 17.5 Å². The fourth-order valence-electron chi connectivity index (χ4n) is 3.48. The first-order valence-corrected chi connectivity index (χ1v) is 8.73. The lowest BCUT2D eigenvalue weighted by Crippen LogP contribution is -2.44. The molecule has 0 atom stereocenters. The third kappa shape index (κ3) is 2.58. The minimum absolute atomic E-state index is 0.280. The SMILES string of the molecule is Cn1c(=O)c2c(nc(N3CCNCC3)n2-c2ccccc2C=O)n(C)c1=O. The highest BCUT2D eigenvalue weighted by atomic mass is 16.2. The van der Waals surface area contributed by atoms with Crippen LogP contribution in [0, 0.1) is 0 Å². The lowest BCUT2D eigenvalue weighted by Gasteiger charge is -2.29. The van der Waals surface area contributed by atoms with Crippen LogP contribution in [0.25, 0.3) is 16.9 Å². The number of rotatable bonds is 3. The van der Waals surface area contributed by atoms with Gasteiger partial charge in [-0.1, -0.05) is 12.1 Å². The van der Waals surface area contributed by atoms with Crippen molar-refractivity contribution in [2.24, 2.45) is 14.1 Å². The van der Waals surface area contributed by atoms with Crippen LogP contribution in [0.15, 0.2) is 33.9 Å². The van der Waals surface area contributed by atoms with Crippen LogP contribution in [0.1, 0.15) is 10.4 Å². The average Bonchev–Trinajstić information content (AvgIpc) is 3.12. The minimum atomic E-state index is -0.442. The van der Waals surface area contributed by atoms with Gasteiger partial charge in [0.05, 0.1) is 5.69 Å². The van der Waals surface area contributed by atoms with Crippen molar-refractivity contribution in [2.45, 2.75) is 0 Å². The molecule has 1 N–H and O–H groups in total. The number of piperazine rings is 1. The van der Waals surface area contributed by atoms with Gasteiger partial charge in [0.1, 0.15) is 0 Å². The number of nitrogens with zero attached hydrogens (tertiary/aromatic N) is 5. The van der Waals surface area contributed by atoms with Crippen molar-refractivity contribution < 1.29 is 4.79 Å². The molecule has 1 aliphatic rings. The highest BCUT2D eigenvalue weighted by Gasteiger charge is 2.25. The smallest absolute Gasteiger partial charge is 0.332 e. The van der Waals surface area contributed by atoms with Gasteiger partial charge < -0.3 is 10.2 Å². The largest absolute Gasteiger partial charge is 0.339 e. The summed E-state index contributed by atoms with van der Waals surface area (Å²) in [5, 5.41) is 3.29. The summed E-state index contributed by atoms with van der Waals surface area (Å²) < 4.78 is 4.13. The number of aromatic nitrogens is 4. The summed E-state index contributed by atoms with van der Waals surface area (Å²) in [6.07, 6.45) is 0.759. The molecule has 0 spiro atoms. The Bertz CT molecular complexity index is 1150. The second-order valence-electron chi connectivity index (χ2n) is 6.54. The number of hydrogen-bond acceptors (Lipinski definition) is 6. The molecule has 4 rings (SSSR count). The number of hydrogen-bond donors (Lipinski definition) is 1. The molecule has 1 fully saturated rings. The molecule has 0 amide bonds. The molecule has 3 heterocycles. The number of nitrogens with one attached hydrogen (secondary N) is 1. The summed E-state index contributed by atoms with van der Waals surface area (Å²) in [4.78, 5) is 43.6. The van der Waals surface area contributed by atoms with Crippen LogP contribution in [-0.4, -0.2) is 51.2 Å². The van der Waals surface area contributed by atoms with Crippen molar-refractivity contribution in [3.05, 3.63) is 50.7 Å². The maximum absolute atomic E-state index is 13.0. The number of aryl methyl sites for hydroxylation is 1. The fraction of sp³-hybridized carbons (Fsp3) is 0.333. The molecule has 9 nitrogen and oxygen atoms in total. The number of aldehydes is 1. The highest BCUT2D eigenvalue weighted by Crippen LogP contribution is 2.26. The lowest BCUT2D eigenvalue weighted by atomic mass is 10.2. The van der Waals surface area contributed by atoms with Gasteiger partial charge in [-0.2, -0.15) is 4.98 Å². The van der Waals surface area contributed by atoms with Crippen molar-refractivity contribution in [1.82, 2.24) is 24.0 Å². The fourth-order valence-corrected chi connectivity index (χ4v) is 3.48. The van der Waals surface area contributed by atoms with Crippen LogP contribution in [0.5, 0.6) is 0 Å². The van der Waals surface area contributed by atoms with Gasteiger partial charge in [-0.15, -0.1) is 0 Å². The normalized spacial score (nSPS) is 14.7. The first-order valence-electron chi connectivity index (χ1n) is 8.73. The zero-order valence-electron chi connectivity index (χ0n) is 15.2. The van der Waals surface area contributed by atoms with Crippen molar-refractivity contribution in [2.75, 3.05) is 31.1 Å². The van der Waals surface area contributed by atoms with E-state index in [1.807, 2.05) is 6.07 Å². The van der Waals surface area contributed by atoms with E-state index in [1.165, 1.54) is 11.6 Å². The monoisotopic (exact) mass is 368 g/mol. The molecule has 1 aromatic carbocycles. The quantitative estimate of drug-likeness (QED) is 0.635. The lowest BCUT2D eigenvalue weighted by molar-refractivity contribution is 0.112. The molecule has 0 radical (unpaired) electrons. The summed E-state index contributed by atoms with van der Waals surface area (Å²) >= 11 is 0. The van der Waals surface area contributed by atoms with E-state index in [2.05, 4.69) is 15.2 Å². The van der Waals surface area contributed by atoms with Crippen LogP contribution in [0.3, 0.4) is 0 Å². The van der Waals surface area contributed by atoms with Gasteiger partial charge in [-0.25, -0.2) is 4.79 Å². The second kappa shape index (κ2) is 6.51. The number of fused-ring (bicyclic) bond motifs is 1. The Balaban J connectivity index is 2.15. The number of carbonyl (C=O) groups excluding carboxylic acids is 1. The van der Waals surface area contributed by atoms with E-state index in [4.69, 9.17) is 0 Å². The van der Waals surface area contributed by atoms with Crippen LogP contribution in [-0.2, 0) is 14.1 Å². The Morgan fingerprint density at radius 2 is 1.78 bits per heavy atom. The standard InChI is InChI=1S/C18H20N6O3/c1-21-15-14(16(26)22(2)18(21)27)24(13-6-4-3-5-12(13)11-25)17(20-15)23-9-7-19-8-10-23/h3-6,11,19H,7-10H2,1-2H3. The van der Waals surface area contributed by atoms with E-state index in [9.17, 15) is 14.4 Å². The predicted octanol–water partition coefficient (Wildman–Crippen LogP) is -0.355. The molecule has 1 saturated heterocycles. The molecular formula is C18H20N6O3. The Labute approximate surface area is 154 Å². The molecule has 0 unspecified atom stereocenters. The maximum atomic E-state index is 13.0. The molecule has 140 valence electrons. The number of anilines is 1. The molecule has 0 aliphatic carbocycles. The molecule has 0 saturated carbocycles. The van der Waals surface area contributed by atoms with Gasteiger partial charge in [0, 0.05) is 45.8 Å². The molecule has 1 aliphatic heterocycles. The van der Waals surface area contributed by atoms with E-state index >= 15 is 0 Å². The Kier molecular flexibility index (Phi) is 4.15. The zero-order chi connectivity index (χ0) is 19.1. The molecule has 27 heavy (non-hydrogen) atoms. The minimum Gasteiger partial charge on any atom is -0.339 e. The first-order chi connectivity index (χ1) is 13.0. The van der Waals surface area contributed by atoms with Crippen molar-refractivity contribution in [3.8, 4) is 5.69 Å². The van der Waals surface area contributed by atoms with Crippen LogP contribution in [0.4, 0.5) is 5.95 Å². The van der Waals surface area contributed by atoms with Gasteiger partial charge >= 0.3 is 5.69 Å². The number of imidazole rings is 1. The topological polar surface area (TPSA) is 94.2 Å². The van der Waals surface area contributed by atoms with E-state index in [0.29, 0.717) is 35.9 Å². The summed E-state index contributed by atoms with van der Waals surface area (Å²) in [5.41, 5.74) is 0.721. The van der Waals surface area contributed by atoms with Gasteiger partial charge in [-0.3, -0.25) is 23.3 Å². The summed E-state index contributed by atoms with van der Waals surface area (Å²) in [6, 6.07) is 7.05. The van der Waals surface area contributed by atoms with Crippen molar-refractivity contribution in [3.63, 3.8) is 0 Å². The van der Waals surface area contributed by atoms with E-state index in [0.717, 1.165) is 23.9 Å². The second-order valence-corrected chi connectivity index (χ2v) is 6.54. The molecule has 3 aromatic rings. The zero-order valence-corrected chi connectivity index (χ0v) is 15.2. The van der Waals surface area contributed by atoms with Crippen molar-refractivity contribution >= 4 is 23.4 Å².